The minimum absolute atomic E-state index is 0.417. The quantitative estimate of drug-likeness (QED) is 0.347. The summed E-state index contributed by atoms with van der Waals surface area (Å²) in [6.07, 6.45) is 1.85. The molecule has 0 saturated heterocycles. The van der Waals surface area contributed by atoms with Crippen LogP contribution in [0.2, 0.25) is 5.02 Å². The molecule has 0 unspecified atom stereocenters. The van der Waals surface area contributed by atoms with E-state index in [4.69, 9.17) is 21.1 Å². The molecule has 3 aromatic rings. The lowest BCUT2D eigenvalue weighted by atomic mass is 10.0. The van der Waals surface area contributed by atoms with Gasteiger partial charge in [0.1, 0.15) is 6.61 Å². The highest BCUT2D eigenvalue weighted by molar-refractivity contribution is 6.30. The normalized spacial score (nSPS) is 11.0. The van der Waals surface area contributed by atoms with E-state index in [0.717, 1.165) is 16.7 Å². The Morgan fingerprint density at radius 1 is 0.964 bits per heavy atom. The van der Waals surface area contributed by atoms with Gasteiger partial charge in [-0.15, -0.1) is 0 Å². The molecule has 0 aliphatic heterocycles. The minimum Gasteiger partial charge on any atom is -0.490 e. The number of benzene rings is 3. The molecule has 0 radical (unpaired) electrons. The van der Waals surface area contributed by atoms with Crippen LogP contribution in [0.5, 0.6) is 11.5 Å². The van der Waals surface area contributed by atoms with E-state index in [1.54, 1.807) is 0 Å². The van der Waals surface area contributed by atoms with E-state index in [0.29, 0.717) is 35.3 Å². The zero-order valence-electron chi connectivity index (χ0n) is 15.6. The van der Waals surface area contributed by atoms with Crippen molar-refractivity contribution in [1.29, 1.82) is 5.26 Å². The number of halogens is 1. The fraction of sp³-hybridized carbons (Fsp3) is 0.125. The fourth-order valence-corrected chi connectivity index (χ4v) is 2.83. The predicted octanol–water partition coefficient (Wildman–Crippen LogP) is 6.38. The van der Waals surface area contributed by atoms with Crippen LogP contribution in [0.15, 0.2) is 72.8 Å². The van der Waals surface area contributed by atoms with Crippen LogP contribution >= 0.6 is 11.6 Å². The summed E-state index contributed by atoms with van der Waals surface area (Å²) in [5, 5.41) is 10.2. The van der Waals surface area contributed by atoms with E-state index in [1.165, 1.54) is 0 Å². The van der Waals surface area contributed by atoms with Crippen molar-refractivity contribution in [2.75, 3.05) is 6.61 Å². The van der Waals surface area contributed by atoms with E-state index in [2.05, 4.69) is 6.07 Å². The fourth-order valence-electron chi connectivity index (χ4n) is 2.71. The summed E-state index contributed by atoms with van der Waals surface area (Å²) in [5.74, 6) is 1.31. The van der Waals surface area contributed by atoms with Crippen molar-refractivity contribution in [3.63, 3.8) is 0 Å². The standard InChI is InChI=1S/C24H20ClNO2/c1-2-27-24-15-19(14-21(16-26)20-6-4-3-5-7-20)10-13-23(24)28-17-18-8-11-22(25)12-9-18/h3-15H,2,17H2,1H3/b21-14-. The van der Waals surface area contributed by atoms with Gasteiger partial charge in [0, 0.05) is 5.02 Å². The summed E-state index contributed by atoms with van der Waals surface area (Å²) in [4.78, 5) is 0. The number of allylic oxidation sites excluding steroid dienone is 1. The molecule has 0 spiro atoms. The molecule has 0 aliphatic carbocycles. The second-order valence-electron chi connectivity index (χ2n) is 6.09. The summed E-state index contributed by atoms with van der Waals surface area (Å²) in [7, 11) is 0. The topological polar surface area (TPSA) is 42.2 Å². The van der Waals surface area contributed by atoms with E-state index in [9.17, 15) is 5.26 Å². The molecule has 0 atom stereocenters. The average molecular weight is 390 g/mol. The molecule has 0 fully saturated rings. The van der Waals surface area contributed by atoms with Gasteiger partial charge in [0.05, 0.1) is 18.2 Å². The van der Waals surface area contributed by atoms with Crippen molar-refractivity contribution in [2.45, 2.75) is 13.5 Å². The highest BCUT2D eigenvalue weighted by Crippen LogP contribution is 2.31. The number of ether oxygens (including phenoxy) is 2. The maximum Gasteiger partial charge on any atom is 0.161 e. The molecule has 0 heterocycles. The third-order valence-electron chi connectivity index (χ3n) is 4.09. The summed E-state index contributed by atoms with van der Waals surface area (Å²) in [6.45, 7) is 2.87. The van der Waals surface area contributed by atoms with Gasteiger partial charge < -0.3 is 9.47 Å². The lowest BCUT2D eigenvalue weighted by Crippen LogP contribution is -2.00. The van der Waals surface area contributed by atoms with Crippen LogP contribution in [0.4, 0.5) is 0 Å². The number of nitrogens with zero attached hydrogens (tertiary/aromatic N) is 1. The van der Waals surface area contributed by atoms with E-state index >= 15 is 0 Å². The Bertz CT molecular complexity index is 989. The molecule has 0 aromatic heterocycles. The van der Waals surface area contributed by atoms with Crippen LogP contribution < -0.4 is 9.47 Å². The lowest BCUT2D eigenvalue weighted by molar-refractivity contribution is 0.269. The first kappa shape index (κ1) is 19.5. The van der Waals surface area contributed by atoms with Crippen molar-refractivity contribution >= 4 is 23.3 Å². The lowest BCUT2D eigenvalue weighted by Gasteiger charge is -2.13. The van der Waals surface area contributed by atoms with Crippen molar-refractivity contribution in [1.82, 2.24) is 0 Å². The Balaban J connectivity index is 1.83. The highest BCUT2D eigenvalue weighted by atomic mass is 35.5. The molecule has 0 N–H and O–H groups in total. The Morgan fingerprint density at radius 2 is 1.71 bits per heavy atom. The van der Waals surface area contributed by atoms with Crippen LogP contribution in [0.1, 0.15) is 23.6 Å². The molecule has 3 aromatic carbocycles. The van der Waals surface area contributed by atoms with Gasteiger partial charge in [-0.1, -0.05) is 60.1 Å². The minimum atomic E-state index is 0.417. The summed E-state index contributed by atoms with van der Waals surface area (Å²) in [6, 6.07) is 25.1. The Hall–Kier alpha value is -3.22. The molecular formula is C24H20ClNO2. The summed E-state index contributed by atoms with van der Waals surface area (Å²) >= 11 is 5.92. The maximum atomic E-state index is 9.51. The first-order valence-corrected chi connectivity index (χ1v) is 9.38. The molecule has 4 heteroatoms. The highest BCUT2D eigenvalue weighted by Gasteiger charge is 2.08. The molecule has 0 saturated carbocycles. The molecule has 3 rings (SSSR count). The first-order chi connectivity index (χ1) is 13.7. The number of hydrogen-bond acceptors (Lipinski definition) is 3. The van der Waals surface area contributed by atoms with Crippen LogP contribution in [0.25, 0.3) is 11.6 Å². The van der Waals surface area contributed by atoms with Gasteiger partial charge in [0.15, 0.2) is 11.5 Å². The van der Waals surface area contributed by atoms with E-state index in [1.807, 2.05) is 85.8 Å². The molecule has 0 bridgehead atoms. The van der Waals surface area contributed by atoms with Crippen molar-refractivity contribution in [3.05, 3.63) is 94.5 Å². The Labute approximate surface area is 170 Å². The van der Waals surface area contributed by atoms with Gasteiger partial charge in [-0.3, -0.25) is 0 Å². The monoisotopic (exact) mass is 389 g/mol. The van der Waals surface area contributed by atoms with Crippen LogP contribution in [0, 0.1) is 11.3 Å². The third-order valence-corrected chi connectivity index (χ3v) is 4.34. The third kappa shape index (κ3) is 5.16. The molecule has 0 amide bonds. The molecule has 0 aliphatic rings. The smallest absolute Gasteiger partial charge is 0.161 e. The van der Waals surface area contributed by atoms with Gasteiger partial charge >= 0.3 is 0 Å². The van der Waals surface area contributed by atoms with Gasteiger partial charge in [-0.05, 0) is 54.0 Å². The van der Waals surface area contributed by atoms with Crippen molar-refractivity contribution < 1.29 is 9.47 Å². The van der Waals surface area contributed by atoms with Crippen molar-refractivity contribution in [2.24, 2.45) is 0 Å². The zero-order valence-corrected chi connectivity index (χ0v) is 16.3. The number of nitriles is 1. The summed E-state index contributed by atoms with van der Waals surface area (Å²) < 4.78 is 11.7. The maximum absolute atomic E-state index is 9.51. The first-order valence-electron chi connectivity index (χ1n) is 9.01. The SMILES string of the molecule is CCOc1cc(/C=C(/C#N)c2ccccc2)ccc1OCc1ccc(Cl)cc1. The second kappa shape index (κ2) is 9.64. The largest absolute Gasteiger partial charge is 0.490 e. The van der Waals surface area contributed by atoms with Crippen LogP contribution in [0.3, 0.4) is 0 Å². The zero-order chi connectivity index (χ0) is 19.8. The van der Waals surface area contributed by atoms with Crippen LogP contribution in [-0.4, -0.2) is 6.61 Å². The molecule has 140 valence electrons. The molecule has 3 nitrogen and oxygen atoms in total. The van der Waals surface area contributed by atoms with Gasteiger partial charge in [0.25, 0.3) is 0 Å². The van der Waals surface area contributed by atoms with Crippen molar-refractivity contribution in [3.8, 4) is 17.6 Å². The average Bonchev–Trinajstić information content (AvgIpc) is 2.73. The molecule has 28 heavy (non-hydrogen) atoms. The van der Waals surface area contributed by atoms with Gasteiger partial charge in [-0.25, -0.2) is 0 Å². The van der Waals surface area contributed by atoms with Gasteiger partial charge in [-0.2, -0.15) is 5.26 Å². The Morgan fingerprint density at radius 3 is 2.39 bits per heavy atom. The number of rotatable bonds is 7. The second-order valence-corrected chi connectivity index (χ2v) is 6.53. The predicted molar refractivity (Wildman–Crippen MR) is 113 cm³/mol. The van der Waals surface area contributed by atoms with Crippen LogP contribution in [-0.2, 0) is 6.61 Å². The van der Waals surface area contributed by atoms with E-state index < -0.39 is 0 Å². The molecular weight excluding hydrogens is 370 g/mol. The summed E-state index contributed by atoms with van der Waals surface area (Å²) in [5.41, 5.74) is 3.37. The Kier molecular flexibility index (Phi) is 6.73. The van der Waals surface area contributed by atoms with E-state index in [-0.39, 0.29) is 0 Å². The van der Waals surface area contributed by atoms with Gasteiger partial charge in [0.2, 0.25) is 0 Å². The number of hydrogen-bond donors (Lipinski definition) is 0.